The van der Waals surface area contributed by atoms with Gasteiger partial charge in [-0.2, -0.15) is 0 Å². The second-order valence-corrected chi connectivity index (χ2v) is 16.4. The lowest BCUT2D eigenvalue weighted by atomic mass is 10.1. The van der Waals surface area contributed by atoms with Crippen LogP contribution in [0, 0.1) is 0 Å². The van der Waals surface area contributed by atoms with Crippen LogP contribution in [0.2, 0.25) is 0 Å². The van der Waals surface area contributed by atoms with E-state index in [1.54, 1.807) is 0 Å². The van der Waals surface area contributed by atoms with E-state index in [0.29, 0.717) is 19.3 Å². The fraction of sp³-hybridized carbons (Fsp3) is 0.788. The number of esters is 3. The number of carbonyl (C=O) groups excluding carboxylic acids is 3. The Hall–Kier alpha value is -2.63. The summed E-state index contributed by atoms with van der Waals surface area (Å²) in [5, 5.41) is 0. The summed E-state index contributed by atoms with van der Waals surface area (Å²) in [6, 6.07) is 0. The van der Waals surface area contributed by atoms with Gasteiger partial charge in [0.15, 0.2) is 6.10 Å². The summed E-state index contributed by atoms with van der Waals surface area (Å²) in [7, 11) is 0. The van der Waals surface area contributed by atoms with Crippen molar-refractivity contribution in [1.29, 1.82) is 0 Å². The third kappa shape index (κ3) is 44.5. The Kier molecular flexibility index (Phi) is 44.9. The molecule has 0 amide bonds. The van der Waals surface area contributed by atoms with Gasteiger partial charge in [0.1, 0.15) is 13.2 Å². The second-order valence-electron chi connectivity index (χ2n) is 16.4. The summed E-state index contributed by atoms with van der Waals surface area (Å²) in [4.78, 5) is 37.7. The number of hydrogen-bond acceptors (Lipinski definition) is 6. The standard InChI is InChI=1S/C52H92O6/c1-4-7-10-13-16-19-21-23-24-25-26-27-28-30-31-33-36-39-42-45-51(54)57-48-49(47-56-50(53)44-41-38-35-18-15-12-9-6-3)58-52(55)46-43-40-37-34-32-29-22-20-17-14-11-8-5-2/h16,19-20,22-24,26-27,49H,4-15,17-18,21,25,28-48H2,1-3H3/b19-16-,22-20-,24-23-,27-26-. The van der Waals surface area contributed by atoms with Crippen molar-refractivity contribution in [3.05, 3.63) is 48.6 Å². The van der Waals surface area contributed by atoms with Gasteiger partial charge in [-0.15, -0.1) is 0 Å². The smallest absolute Gasteiger partial charge is 0.306 e. The quantitative estimate of drug-likeness (QED) is 0.0264. The molecule has 6 nitrogen and oxygen atoms in total. The molecule has 0 aliphatic carbocycles. The highest BCUT2D eigenvalue weighted by Crippen LogP contribution is 2.14. The number of rotatable bonds is 44. The molecule has 0 fully saturated rings. The Morgan fingerprint density at radius 3 is 1.03 bits per heavy atom. The summed E-state index contributed by atoms with van der Waals surface area (Å²) in [5.74, 6) is -0.903. The van der Waals surface area contributed by atoms with Crippen LogP contribution in [-0.2, 0) is 28.6 Å². The molecule has 0 heterocycles. The van der Waals surface area contributed by atoms with Gasteiger partial charge in [-0.25, -0.2) is 0 Å². The molecule has 0 saturated carbocycles. The monoisotopic (exact) mass is 813 g/mol. The molecule has 0 saturated heterocycles. The molecule has 1 unspecified atom stereocenters. The van der Waals surface area contributed by atoms with Crippen LogP contribution in [0.3, 0.4) is 0 Å². The van der Waals surface area contributed by atoms with Gasteiger partial charge in [-0.3, -0.25) is 14.4 Å². The number of hydrogen-bond donors (Lipinski definition) is 0. The molecule has 58 heavy (non-hydrogen) atoms. The molecule has 1 atom stereocenters. The SMILES string of the molecule is CCCCC/C=C\C/C=C\C/C=C\CCCCCCCCC(=O)OCC(COC(=O)CCCCCCCCCC)OC(=O)CCCCCCC/C=C\CCCCCC. The summed E-state index contributed by atoms with van der Waals surface area (Å²) in [5.41, 5.74) is 0. The maximum atomic E-state index is 12.7. The molecule has 0 radical (unpaired) electrons. The van der Waals surface area contributed by atoms with Gasteiger partial charge in [-0.05, 0) is 83.5 Å². The van der Waals surface area contributed by atoms with Crippen LogP contribution in [-0.4, -0.2) is 37.2 Å². The summed E-state index contributed by atoms with van der Waals surface area (Å²) in [6.45, 7) is 6.55. The third-order valence-electron chi connectivity index (χ3n) is 10.6. The van der Waals surface area contributed by atoms with Crippen molar-refractivity contribution in [3.8, 4) is 0 Å². The highest BCUT2D eigenvalue weighted by molar-refractivity contribution is 5.71. The van der Waals surface area contributed by atoms with Crippen molar-refractivity contribution in [3.63, 3.8) is 0 Å². The topological polar surface area (TPSA) is 78.9 Å². The normalized spacial score (nSPS) is 12.4. The molecule has 336 valence electrons. The van der Waals surface area contributed by atoms with Crippen molar-refractivity contribution in [2.45, 2.75) is 252 Å². The molecule has 0 aliphatic heterocycles. The predicted octanol–water partition coefficient (Wildman–Crippen LogP) is 15.9. The number of carbonyl (C=O) groups is 3. The maximum Gasteiger partial charge on any atom is 0.306 e. The average Bonchev–Trinajstić information content (AvgIpc) is 3.22. The molecular weight excluding hydrogens is 721 g/mol. The van der Waals surface area contributed by atoms with Gasteiger partial charge in [0.05, 0.1) is 0 Å². The molecule has 0 aromatic heterocycles. The fourth-order valence-electron chi connectivity index (χ4n) is 6.80. The Morgan fingerprint density at radius 2 is 0.621 bits per heavy atom. The molecule has 0 N–H and O–H groups in total. The van der Waals surface area contributed by atoms with E-state index in [1.165, 1.54) is 116 Å². The first-order chi connectivity index (χ1) is 28.5. The van der Waals surface area contributed by atoms with Crippen LogP contribution in [0.25, 0.3) is 0 Å². The zero-order valence-corrected chi connectivity index (χ0v) is 38.3. The predicted molar refractivity (Wildman–Crippen MR) is 247 cm³/mol. The Labute approximate surface area is 358 Å². The lowest BCUT2D eigenvalue weighted by Crippen LogP contribution is -2.30. The van der Waals surface area contributed by atoms with E-state index in [1.807, 2.05) is 0 Å². The molecule has 0 spiro atoms. The average molecular weight is 813 g/mol. The molecule has 0 aliphatic rings. The highest BCUT2D eigenvalue weighted by Gasteiger charge is 2.19. The molecule has 6 heteroatoms. The van der Waals surface area contributed by atoms with Gasteiger partial charge in [0.25, 0.3) is 0 Å². The van der Waals surface area contributed by atoms with Gasteiger partial charge < -0.3 is 14.2 Å². The number of ether oxygens (including phenoxy) is 3. The Morgan fingerprint density at radius 1 is 0.345 bits per heavy atom. The van der Waals surface area contributed by atoms with Crippen molar-refractivity contribution in [2.24, 2.45) is 0 Å². The Balaban J connectivity index is 4.32. The van der Waals surface area contributed by atoms with Gasteiger partial charge >= 0.3 is 17.9 Å². The van der Waals surface area contributed by atoms with Crippen LogP contribution in [0.4, 0.5) is 0 Å². The maximum absolute atomic E-state index is 12.7. The van der Waals surface area contributed by atoms with Crippen LogP contribution in [0.5, 0.6) is 0 Å². The van der Waals surface area contributed by atoms with Crippen molar-refractivity contribution in [1.82, 2.24) is 0 Å². The third-order valence-corrected chi connectivity index (χ3v) is 10.6. The van der Waals surface area contributed by atoms with Gasteiger partial charge in [-0.1, -0.05) is 191 Å². The molecular formula is C52H92O6. The first-order valence-corrected chi connectivity index (χ1v) is 24.6. The lowest BCUT2D eigenvalue weighted by Gasteiger charge is -2.18. The highest BCUT2D eigenvalue weighted by atomic mass is 16.6. The Bertz CT molecular complexity index is 1030. The zero-order chi connectivity index (χ0) is 42.3. The molecule has 0 rings (SSSR count). The van der Waals surface area contributed by atoms with Gasteiger partial charge in [0.2, 0.25) is 0 Å². The van der Waals surface area contributed by atoms with E-state index < -0.39 is 6.10 Å². The largest absolute Gasteiger partial charge is 0.462 e. The van der Waals surface area contributed by atoms with E-state index in [0.717, 1.165) is 89.9 Å². The fourth-order valence-corrected chi connectivity index (χ4v) is 6.80. The summed E-state index contributed by atoms with van der Waals surface area (Å²) < 4.78 is 16.7. The first kappa shape index (κ1) is 55.4. The van der Waals surface area contributed by atoms with Gasteiger partial charge in [0, 0.05) is 19.3 Å². The molecule has 0 bridgehead atoms. The number of allylic oxidation sites excluding steroid dienone is 8. The van der Waals surface area contributed by atoms with Crippen molar-refractivity contribution < 1.29 is 28.6 Å². The van der Waals surface area contributed by atoms with Crippen LogP contribution in [0.15, 0.2) is 48.6 Å². The van der Waals surface area contributed by atoms with E-state index in [-0.39, 0.29) is 31.1 Å². The van der Waals surface area contributed by atoms with Crippen molar-refractivity contribution in [2.75, 3.05) is 13.2 Å². The van der Waals surface area contributed by atoms with E-state index in [2.05, 4.69) is 69.4 Å². The van der Waals surface area contributed by atoms with E-state index in [9.17, 15) is 14.4 Å². The minimum absolute atomic E-state index is 0.0796. The van der Waals surface area contributed by atoms with E-state index in [4.69, 9.17) is 14.2 Å². The second kappa shape index (κ2) is 47.1. The summed E-state index contributed by atoms with van der Waals surface area (Å²) >= 11 is 0. The minimum atomic E-state index is -0.778. The minimum Gasteiger partial charge on any atom is -0.462 e. The van der Waals surface area contributed by atoms with Crippen LogP contribution >= 0.6 is 0 Å². The van der Waals surface area contributed by atoms with Crippen LogP contribution < -0.4 is 0 Å². The lowest BCUT2D eigenvalue weighted by molar-refractivity contribution is -0.167. The molecule has 0 aromatic rings. The number of unbranched alkanes of at least 4 members (excludes halogenated alkanes) is 25. The first-order valence-electron chi connectivity index (χ1n) is 24.6. The van der Waals surface area contributed by atoms with Crippen molar-refractivity contribution >= 4 is 17.9 Å². The summed E-state index contributed by atoms with van der Waals surface area (Å²) in [6.07, 6.45) is 55.2. The van der Waals surface area contributed by atoms with Crippen LogP contribution in [0.1, 0.15) is 245 Å². The zero-order valence-electron chi connectivity index (χ0n) is 38.3. The molecule has 0 aromatic carbocycles. The van der Waals surface area contributed by atoms with E-state index >= 15 is 0 Å².